The highest BCUT2D eigenvalue weighted by Gasteiger charge is 1.89. The highest BCUT2D eigenvalue weighted by molar-refractivity contribution is 4.98. The summed E-state index contributed by atoms with van der Waals surface area (Å²) in [7, 11) is 0. The van der Waals surface area contributed by atoms with Crippen LogP contribution in [-0.2, 0) is 0 Å². The molecule has 0 aromatic rings. The summed E-state index contributed by atoms with van der Waals surface area (Å²) in [5.74, 6) is 2.82. The summed E-state index contributed by atoms with van der Waals surface area (Å²) in [4.78, 5) is 1.94. The van der Waals surface area contributed by atoms with Gasteiger partial charge in [-0.1, -0.05) is 18.1 Å². The molecule has 0 saturated carbocycles. The fraction of sp³-hybridized carbons (Fsp3) is 0.333. The van der Waals surface area contributed by atoms with E-state index in [4.69, 9.17) is 0 Å². The van der Waals surface area contributed by atoms with Crippen LogP contribution in [0.3, 0.4) is 0 Å². The van der Waals surface area contributed by atoms with Crippen molar-refractivity contribution in [2.45, 2.75) is 6.92 Å². The molecule has 0 rings (SSSR count). The van der Waals surface area contributed by atoms with Crippen molar-refractivity contribution < 1.29 is 0 Å². The largest absolute Gasteiger partial charge is 0.325 e. The van der Waals surface area contributed by atoms with Gasteiger partial charge < -0.3 is 4.90 Å². The van der Waals surface area contributed by atoms with Gasteiger partial charge in [-0.3, -0.25) is 0 Å². The quantitative estimate of drug-likeness (QED) is 0.322. The average Bonchev–Trinajstić information content (AvgIpc) is 1.90. The van der Waals surface area contributed by atoms with Crippen LogP contribution < -0.4 is 0 Å². The Bertz CT molecular complexity index is 149. The van der Waals surface area contributed by atoms with E-state index in [9.17, 15) is 0 Å². The van der Waals surface area contributed by atoms with Gasteiger partial charge in [0.1, 0.15) is 0 Å². The molecule has 0 aliphatic heterocycles. The molecular formula is C9H13N. The summed E-state index contributed by atoms with van der Waals surface area (Å²) in [6.07, 6.45) is 3.65. The summed E-state index contributed by atoms with van der Waals surface area (Å²) in [5.41, 5.74) is 0. The van der Waals surface area contributed by atoms with E-state index >= 15 is 0 Å². The highest BCUT2D eigenvalue weighted by Crippen LogP contribution is 1.84. The number of rotatable bonds is 4. The van der Waals surface area contributed by atoms with E-state index in [-0.39, 0.29) is 0 Å². The molecule has 0 fully saturated rings. The lowest BCUT2D eigenvalue weighted by molar-refractivity contribution is 0.490. The van der Waals surface area contributed by atoms with Gasteiger partial charge in [0, 0.05) is 19.1 Å². The van der Waals surface area contributed by atoms with Crippen molar-refractivity contribution in [3.63, 3.8) is 0 Å². The summed E-state index contributed by atoms with van der Waals surface area (Å²) >= 11 is 0. The van der Waals surface area contributed by atoms with Crippen molar-refractivity contribution in [1.82, 2.24) is 4.90 Å². The Morgan fingerprint density at radius 3 is 2.10 bits per heavy atom. The van der Waals surface area contributed by atoms with Crippen molar-refractivity contribution in [2.75, 3.05) is 13.1 Å². The van der Waals surface area contributed by atoms with E-state index < -0.39 is 0 Å². The summed E-state index contributed by atoms with van der Waals surface area (Å²) in [6, 6.07) is 2.93. The summed E-state index contributed by atoms with van der Waals surface area (Å²) < 4.78 is 0. The molecule has 0 amide bonds. The predicted octanol–water partition coefficient (Wildman–Crippen LogP) is 1.64. The third-order valence-corrected chi connectivity index (χ3v) is 0.969. The van der Waals surface area contributed by atoms with Crippen LogP contribution in [0, 0.1) is 12.0 Å². The van der Waals surface area contributed by atoms with E-state index in [0.29, 0.717) is 0 Å². The maximum absolute atomic E-state index is 3.62. The van der Waals surface area contributed by atoms with E-state index in [1.807, 2.05) is 24.0 Å². The van der Waals surface area contributed by atoms with Gasteiger partial charge in [0.15, 0.2) is 0 Å². The van der Waals surface area contributed by atoms with Gasteiger partial charge in [0.25, 0.3) is 0 Å². The molecular weight excluding hydrogens is 122 g/mol. The molecule has 1 heteroatoms. The van der Waals surface area contributed by atoms with Crippen LogP contribution in [0.25, 0.3) is 0 Å². The van der Waals surface area contributed by atoms with Crippen molar-refractivity contribution in [2.24, 2.45) is 0 Å². The Morgan fingerprint density at radius 2 is 1.80 bits per heavy atom. The second-order valence-corrected chi connectivity index (χ2v) is 1.84. The van der Waals surface area contributed by atoms with Gasteiger partial charge in [-0.2, -0.15) is 0 Å². The zero-order chi connectivity index (χ0) is 7.82. The van der Waals surface area contributed by atoms with Gasteiger partial charge in [-0.15, -0.1) is 13.2 Å². The Morgan fingerprint density at radius 1 is 1.30 bits per heavy atom. The molecule has 1 nitrogen and oxygen atoms in total. The number of hydrogen-bond donors (Lipinski definition) is 0. The molecule has 0 aromatic carbocycles. The van der Waals surface area contributed by atoms with Crippen molar-refractivity contribution >= 4 is 0 Å². The van der Waals surface area contributed by atoms with Gasteiger partial charge in [0.05, 0.1) is 0 Å². The molecule has 0 aliphatic rings. The lowest BCUT2D eigenvalue weighted by Crippen LogP contribution is -2.17. The minimum Gasteiger partial charge on any atom is -0.325 e. The predicted molar refractivity (Wildman–Crippen MR) is 45.4 cm³/mol. The normalized spacial score (nSPS) is 7.30. The Kier molecular flexibility index (Phi) is 5.28. The first-order valence-electron chi connectivity index (χ1n) is 3.24. The van der Waals surface area contributed by atoms with E-state index in [1.165, 1.54) is 0 Å². The fourth-order valence-corrected chi connectivity index (χ4v) is 0.636. The Hall–Kier alpha value is -1.16. The average molecular weight is 135 g/mol. The first-order chi connectivity index (χ1) is 4.85. The monoisotopic (exact) mass is 135 g/mol. The van der Waals surface area contributed by atoms with Crippen molar-refractivity contribution in [1.29, 1.82) is 0 Å². The molecule has 0 atom stereocenters. The first kappa shape index (κ1) is 8.84. The molecule has 10 heavy (non-hydrogen) atoms. The minimum atomic E-state index is 0.798. The molecule has 0 heterocycles. The maximum Gasteiger partial charge on any atom is 0.0442 e. The molecule has 0 spiro atoms. The van der Waals surface area contributed by atoms with Gasteiger partial charge in [-0.25, -0.2) is 0 Å². The molecule has 0 saturated heterocycles. The van der Waals surface area contributed by atoms with E-state index in [2.05, 4.69) is 25.1 Å². The van der Waals surface area contributed by atoms with Gasteiger partial charge >= 0.3 is 0 Å². The standard InChI is InChI=1S/C9H13N/c1-4-7-10(8-5-2)9-6-3/h4-5H,1-2,7-8H2,3H3. The third kappa shape index (κ3) is 3.80. The second-order valence-electron chi connectivity index (χ2n) is 1.84. The first-order valence-corrected chi connectivity index (χ1v) is 3.24. The lowest BCUT2D eigenvalue weighted by atomic mass is 10.5. The minimum absolute atomic E-state index is 0.798. The van der Waals surface area contributed by atoms with Crippen LogP contribution in [-0.4, -0.2) is 18.0 Å². The lowest BCUT2D eigenvalue weighted by Gasteiger charge is -2.11. The zero-order valence-corrected chi connectivity index (χ0v) is 6.43. The topological polar surface area (TPSA) is 3.24 Å². The Labute approximate surface area is 63.0 Å². The smallest absolute Gasteiger partial charge is 0.0442 e. The number of hydrogen-bond acceptors (Lipinski definition) is 1. The molecule has 54 valence electrons. The summed E-state index contributed by atoms with van der Waals surface area (Å²) in [5, 5.41) is 0. The van der Waals surface area contributed by atoms with Crippen LogP contribution in [0.15, 0.2) is 25.3 Å². The van der Waals surface area contributed by atoms with Crippen LogP contribution in [0.4, 0.5) is 0 Å². The molecule has 0 bridgehead atoms. The Balaban J connectivity index is 3.78. The van der Waals surface area contributed by atoms with Crippen LogP contribution in [0.5, 0.6) is 0 Å². The van der Waals surface area contributed by atoms with Gasteiger partial charge in [-0.05, 0) is 6.92 Å². The van der Waals surface area contributed by atoms with E-state index in [1.54, 1.807) is 0 Å². The molecule has 0 aliphatic carbocycles. The van der Waals surface area contributed by atoms with Crippen LogP contribution >= 0.6 is 0 Å². The molecule has 0 radical (unpaired) electrons. The van der Waals surface area contributed by atoms with Crippen LogP contribution in [0.2, 0.25) is 0 Å². The second kappa shape index (κ2) is 5.97. The maximum atomic E-state index is 3.62. The molecule has 0 unspecified atom stereocenters. The van der Waals surface area contributed by atoms with Crippen molar-refractivity contribution in [3.05, 3.63) is 25.3 Å². The highest BCUT2D eigenvalue weighted by atomic mass is 15.1. The number of nitrogens with zero attached hydrogens (tertiary/aromatic N) is 1. The summed E-state index contributed by atoms with van der Waals surface area (Å²) in [6.45, 7) is 10.7. The molecule has 0 aromatic heterocycles. The van der Waals surface area contributed by atoms with Crippen LogP contribution in [0.1, 0.15) is 6.92 Å². The fourth-order valence-electron chi connectivity index (χ4n) is 0.636. The SMILES string of the molecule is C=CCN(C#CC)CC=C. The zero-order valence-electron chi connectivity index (χ0n) is 6.43. The van der Waals surface area contributed by atoms with Gasteiger partial charge in [0.2, 0.25) is 0 Å². The molecule has 0 N–H and O–H groups in total. The van der Waals surface area contributed by atoms with E-state index in [0.717, 1.165) is 13.1 Å². The third-order valence-electron chi connectivity index (χ3n) is 0.969. The van der Waals surface area contributed by atoms with Crippen molar-refractivity contribution in [3.8, 4) is 12.0 Å².